The van der Waals surface area contributed by atoms with Gasteiger partial charge in [-0.05, 0) is 105 Å². The Morgan fingerprint density at radius 1 is 0.740 bits per heavy atom. The first-order valence-corrected chi connectivity index (χ1v) is 16.9. The first kappa shape index (κ1) is 41.3. The summed E-state index contributed by atoms with van der Waals surface area (Å²) in [5.41, 5.74) is -2.60. The van der Waals surface area contributed by atoms with Gasteiger partial charge in [-0.3, -0.25) is 9.59 Å². The molecule has 0 aromatic heterocycles. The summed E-state index contributed by atoms with van der Waals surface area (Å²) in [6.45, 7) is 13.9. The maximum Gasteiger partial charge on any atom is 0.436 e. The molecule has 0 radical (unpaired) electrons. The van der Waals surface area contributed by atoms with E-state index in [0.717, 1.165) is 0 Å². The number of hydrogen-bond donors (Lipinski definition) is 2. The van der Waals surface area contributed by atoms with Gasteiger partial charge in [-0.1, -0.05) is 12.1 Å². The van der Waals surface area contributed by atoms with Crippen molar-refractivity contribution in [1.29, 1.82) is 0 Å². The van der Waals surface area contributed by atoms with E-state index in [-0.39, 0.29) is 34.0 Å². The summed E-state index contributed by atoms with van der Waals surface area (Å²) in [6.07, 6.45) is -1.67. The Morgan fingerprint density at radius 2 is 1.20 bits per heavy atom. The van der Waals surface area contributed by atoms with Gasteiger partial charge in [-0.2, -0.15) is 21.7 Å². The maximum absolute atomic E-state index is 13.4. The smallest absolute Gasteiger partial charge is 0.436 e. The molecule has 1 atom stereocenters. The average molecular weight is 716 g/mol. The number of amidine groups is 1. The van der Waals surface area contributed by atoms with Crippen molar-refractivity contribution in [3.05, 3.63) is 65.2 Å². The summed E-state index contributed by atoms with van der Waals surface area (Å²) in [4.78, 5) is 81.6. The van der Waals surface area contributed by atoms with Crippen LogP contribution in [0, 0.1) is 0 Å². The van der Waals surface area contributed by atoms with E-state index in [1.807, 2.05) is 0 Å². The molecule has 2 aromatic rings. The molecule has 0 aliphatic rings. The summed E-state index contributed by atoms with van der Waals surface area (Å²) in [7, 11) is 0. The van der Waals surface area contributed by atoms with Gasteiger partial charge in [0.15, 0.2) is 18.2 Å². The molecule has 0 heterocycles. The van der Waals surface area contributed by atoms with Crippen LogP contribution in [-0.2, 0) is 19.0 Å². The van der Waals surface area contributed by atoms with Crippen LogP contribution in [0.2, 0.25) is 0 Å². The highest BCUT2D eigenvalue weighted by molar-refractivity contribution is 7.98. The predicted molar refractivity (Wildman–Crippen MR) is 187 cm³/mol. The van der Waals surface area contributed by atoms with Crippen LogP contribution >= 0.6 is 11.8 Å². The van der Waals surface area contributed by atoms with Crippen LogP contribution in [0.3, 0.4) is 0 Å². The van der Waals surface area contributed by atoms with Crippen LogP contribution in [0.15, 0.2) is 53.5 Å². The van der Waals surface area contributed by atoms with Crippen molar-refractivity contribution in [2.45, 2.75) is 85.2 Å². The van der Waals surface area contributed by atoms with Crippen molar-refractivity contribution >= 4 is 53.5 Å². The number of Topliss-reactive ketones (excluding diaryl/α,β-unsaturated/α-hetero) is 1. The molecule has 0 aliphatic heterocycles. The molecule has 0 unspecified atom stereocenters. The van der Waals surface area contributed by atoms with Crippen molar-refractivity contribution < 1.29 is 52.8 Å². The highest BCUT2D eigenvalue weighted by atomic mass is 32.2. The molecule has 2 N–H and O–H groups in total. The van der Waals surface area contributed by atoms with Crippen LogP contribution in [0.4, 0.5) is 14.4 Å². The van der Waals surface area contributed by atoms with Gasteiger partial charge in [-0.25, -0.2) is 19.2 Å². The number of carboxylic acid groups (broad SMARTS) is 1. The number of ether oxygens (including phenoxy) is 4. The van der Waals surface area contributed by atoms with Crippen molar-refractivity contribution in [3.63, 3.8) is 0 Å². The van der Waals surface area contributed by atoms with E-state index < -0.39 is 65.4 Å². The number of nitrogens with one attached hydrogen (secondary N) is 1. The number of amides is 4. The molecule has 0 saturated carbocycles. The van der Waals surface area contributed by atoms with Crippen molar-refractivity contribution in [3.8, 4) is 5.75 Å². The third kappa shape index (κ3) is 13.9. The first-order valence-electron chi connectivity index (χ1n) is 15.5. The highest BCUT2D eigenvalue weighted by Gasteiger charge is 2.37. The molecule has 14 nitrogen and oxygen atoms in total. The Labute approximate surface area is 295 Å². The SMILES string of the molecule is CSC[C@H](NC(=O)c1ccc(C(=NC(=O)OC(C)(C)C)N(C(=O)OC(C)(C)C)C(=O)OC(C)(C)C)cc1)C(=O)c1ccc(OCC(=O)O)cc1. The summed E-state index contributed by atoms with van der Waals surface area (Å²) in [6, 6.07) is 10.4. The Morgan fingerprint density at radius 3 is 1.64 bits per heavy atom. The van der Waals surface area contributed by atoms with E-state index in [9.17, 15) is 28.8 Å². The third-order valence-electron chi connectivity index (χ3n) is 5.82. The van der Waals surface area contributed by atoms with Crippen LogP contribution in [-0.4, -0.2) is 93.2 Å². The molecule has 0 aliphatic carbocycles. The fraction of sp³-hybridized carbons (Fsp3) is 0.457. The summed E-state index contributed by atoms with van der Waals surface area (Å²) in [5, 5.41) is 11.5. The fourth-order valence-electron chi connectivity index (χ4n) is 3.90. The number of nitrogens with zero attached hydrogens (tertiary/aromatic N) is 2. The summed E-state index contributed by atoms with van der Waals surface area (Å²) in [5.74, 6) is -2.09. The molecule has 4 amide bonds. The molecule has 50 heavy (non-hydrogen) atoms. The van der Waals surface area contributed by atoms with Gasteiger partial charge in [0, 0.05) is 22.4 Å². The van der Waals surface area contributed by atoms with Crippen LogP contribution in [0.1, 0.15) is 88.6 Å². The molecule has 15 heteroatoms. The Kier molecular flexibility index (Phi) is 14.1. The number of aliphatic imine (C=N–C) groups is 1. The second-order valence-electron chi connectivity index (χ2n) is 13.8. The van der Waals surface area contributed by atoms with E-state index in [1.165, 1.54) is 60.3 Å². The zero-order valence-corrected chi connectivity index (χ0v) is 30.8. The number of imide groups is 1. The lowest BCUT2D eigenvalue weighted by molar-refractivity contribution is -0.139. The first-order chi connectivity index (χ1) is 23.0. The van der Waals surface area contributed by atoms with Gasteiger partial charge in [0.25, 0.3) is 5.91 Å². The Bertz CT molecular complexity index is 1560. The van der Waals surface area contributed by atoms with E-state index in [4.69, 9.17) is 24.1 Å². The van der Waals surface area contributed by atoms with Crippen LogP contribution < -0.4 is 10.1 Å². The quantitative estimate of drug-likeness (QED) is 0.120. The lowest BCUT2D eigenvalue weighted by atomic mass is 10.0. The van der Waals surface area contributed by atoms with Gasteiger partial charge in [0.2, 0.25) is 0 Å². The summed E-state index contributed by atoms with van der Waals surface area (Å²) < 4.78 is 21.4. The minimum absolute atomic E-state index is 0.0612. The van der Waals surface area contributed by atoms with Crippen molar-refractivity contribution in [2.75, 3.05) is 18.6 Å². The number of carboxylic acids is 1. The van der Waals surface area contributed by atoms with Gasteiger partial charge in [0.05, 0.1) is 0 Å². The molecule has 0 spiro atoms. The van der Waals surface area contributed by atoms with Crippen LogP contribution in [0.5, 0.6) is 5.75 Å². The van der Waals surface area contributed by atoms with Crippen LogP contribution in [0.25, 0.3) is 0 Å². The molecule has 0 saturated heterocycles. The van der Waals surface area contributed by atoms with Crippen molar-refractivity contribution in [2.24, 2.45) is 4.99 Å². The number of rotatable bonds is 10. The van der Waals surface area contributed by atoms with E-state index in [1.54, 1.807) is 68.6 Å². The topological polar surface area (TPSA) is 187 Å². The molecule has 272 valence electrons. The molecular weight excluding hydrogens is 670 g/mol. The number of ketones is 1. The highest BCUT2D eigenvalue weighted by Crippen LogP contribution is 2.20. The number of thioether (sulfide) groups is 1. The zero-order valence-electron chi connectivity index (χ0n) is 29.9. The predicted octanol–water partition coefficient (Wildman–Crippen LogP) is 6.35. The number of aliphatic carboxylic acids is 1. The number of benzene rings is 2. The molecular formula is C35H45N3O11S. The zero-order chi connectivity index (χ0) is 38.0. The molecule has 0 fully saturated rings. The average Bonchev–Trinajstić information content (AvgIpc) is 2.96. The summed E-state index contributed by atoms with van der Waals surface area (Å²) >= 11 is 1.34. The molecule has 2 aromatic carbocycles. The van der Waals surface area contributed by atoms with E-state index in [2.05, 4.69) is 10.3 Å². The standard InChI is InChI=1S/C35H45N3O11S/c1-33(2,3)47-30(43)37-28(38(31(44)48-34(4,5)6)32(45)49-35(7,8)9)22-11-13-23(14-12-22)29(42)36-25(20-50-10)27(41)21-15-17-24(18-16-21)46-19-26(39)40/h11-18,25H,19-20H2,1-10H3,(H,36,42)(H,39,40)/t25-/m0/s1. The second kappa shape index (κ2) is 17.1. The van der Waals surface area contributed by atoms with E-state index >= 15 is 0 Å². The monoisotopic (exact) mass is 715 g/mol. The van der Waals surface area contributed by atoms with E-state index in [0.29, 0.717) is 4.90 Å². The van der Waals surface area contributed by atoms with Gasteiger partial charge in [0.1, 0.15) is 28.6 Å². The van der Waals surface area contributed by atoms with Gasteiger partial charge < -0.3 is 29.4 Å². The van der Waals surface area contributed by atoms with Gasteiger partial charge in [-0.15, -0.1) is 0 Å². The minimum atomic E-state index is -1.17. The lowest BCUT2D eigenvalue weighted by Gasteiger charge is -2.29. The number of hydrogen-bond acceptors (Lipinski definition) is 11. The molecule has 0 bridgehead atoms. The number of carbonyl (C=O) groups excluding carboxylic acids is 5. The largest absolute Gasteiger partial charge is 0.482 e. The molecule has 2 rings (SSSR count). The van der Waals surface area contributed by atoms with Gasteiger partial charge >= 0.3 is 24.2 Å². The second-order valence-corrected chi connectivity index (χ2v) is 14.8. The lowest BCUT2D eigenvalue weighted by Crippen LogP contribution is -2.47. The maximum atomic E-state index is 13.4. The number of carbonyl (C=O) groups is 6. The Hall–Kier alpha value is -4.92. The van der Waals surface area contributed by atoms with Crippen molar-refractivity contribution in [1.82, 2.24) is 10.2 Å². The minimum Gasteiger partial charge on any atom is -0.482 e. The Balaban J connectivity index is 2.48. The third-order valence-corrected chi connectivity index (χ3v) is 6.48. The fourth-order valence-corrected chi connectivity index (χ4v) is 4.47. The normalized spacial score (nSPS) is 12.6.